The molecule has 0 atom stereocenters. The number of nitrogens with zero attached hydrogens (tertiary/aromatic N) is 3. The second kappa shape index (κ2) is 7.84. The number of piperidine rings is 1. The molecule has 21 heavy (non-hydrogen) atoms. The average Bonchev–Trinajstić information content (AvgIpc) is 2.53. The first kappa shape index (κ1) is 15.6. The molecule has 2 heterocycles. The van der Waals surface area contributed by atoms with E-state index in [2.05, 4.69) is 16.9 Å². The largest absolute Gasteiger partial charge is 0.495 e. The zero-order valence-electron chi connectivity index (χ0n) is 12.8. The van der Waals surface area contributed by atoms with Crippen LogP contribution in [0.25, 0.3) is 0 Å². The number of hydrogen-bond donors (Lipinski definition) is 0. The number of likely N-dealkylation sites (tertiary alicyclic amines) is 1. The number of ether oxygens (including phenoxy) is 2. The topological polar surface area (TPSA) is 58.4 Å². The number of rotatable bonds is 6. The smallest absolute Gasteiger partial charge is 0.217 e. The van der Waals surface area contributed by atoms with E-state index in [-0.39, 0.29) is 0 Å². The van der Waals surface area contributed by atoms with Crippen LogP contribution in [-0.2, 0) is 0 Å². The molecule has 1 fully saturated rings. The van der Waals surface area contributed by atoms with E-state index in [1.54, 1.807) is 13.2 Å². The molecular weight excluding hydrogens is 266 g/mol. The molecule has 0 bridgehead atoms. The minimum absolute atomic E-state index is 0.427. The Morgan fingerprint density at radius 1 is 1.43 bits per heavy atom. The van der Waals surface area contributed by atoms with Gasteiger partial charge in [-0.1, -0.05) is 0 Å². The van der Waals surface area contributed by atoms with E-state index in [1.165, 1.54) is 38.5 Å². The van der Waals surface area contributed by atoms with Crippen molar-refractivity contribution in [2.75, 3.05) is 33.9 Å². The SMILES string of the molecule is COc1cc(OCCCC2CCN(C)CC2)ncc1C#N. The van der Waals surface area contributed by atoms with Crippen LogP contribution >= 0.6 is 0 Å². The molecule has 5 nitrogen and oxygen atoms in total. The van der Waals surface area contributed by atoms with Gasteiger partial charge in [0.2, 0.25) is 5.88 Å². The third kappa shape index (κ3) is 4.61. The second-order valence-electron chi connectivity index (χ2n) is 5.57. The molecule has 0 aromatic carbocycles. The van der Waals surface area contributed by atoms with E-state index < -0.39 is 0 Å². The fraction of sp³-hybridized carbons (Fsp3) is 0.625. The Hall–Kier alpha value is -1.80. The molecule has 1 saturated heterocycles. The molecule has 0 spiro atoms. The first-order valence-electron chi connectivity index (χ1n) is 7.48. The Balaban J connectivity index is 1.72. The zero-order valence-corrected chi connectivity index (χ0v) is 12.8. The summed E-state index contributed by atoms with van der Waals surface area (Å²) in [5.74, 6) is 1.86. The van der Waals surface area contributed by atoms with E-state index in [4.69, 9.17) is 14.7 Å². The highest BCUT2D eigenvalue weighted by Gasteiger charge is 2.16. The lowest BCUT2D eigenvalue weighted by Gasteiger charge is -2.28. The molecule has 2 rings (SSSR count). The molecular formula is C16H23N3O2. The number of aromatic nitrogens is 1. The molecule has 114 valence electrons. The van der Waals surface area contributed by atoms with Crippen LogP contribution in [0.4, 0.5) is 0 Å². The van der Waals surface area contributed by atoms with Gasteiger partial charge in [0, 0.05) is 6.07 Å². The fourth-order valence-corrected chi connectivity index (χ4v) is 2.65. The third-order valence-electron chi connectivity index (χ3n) is 4.03. The molecule has 0 unspecified atom stereocenters. The van der Waals surface area contributed by atoms with Gasteiger partial charge in [0.25, 0.3) is 0 Å². The minimum atomic E-state index is 0.427. The van der Waals surface area contributed by atoms with E-state index >= 15 is 0 Å². The molecule has 0 N–H and O–H groups in total. The Morgan fingerprint density at radius 3 is 2.86 bits per heavy atom. The van der Waals surface area contributed by atoms with Gasteiger partial charge in [-0.3, -0.25) is 0 Å². The molecule has 0 saturated carbocycles. The van der Waals surface area contributed by atoms with Crippen molar-refractivity contribution in [1.82, 2.24) is 9.88 Å². The highest BCUT2D eigenvalue weighted by molar-refractivity contribution is 5.43. The summed E-state index contributed by atoms with van der Waals surface area (Å²) in [4.78, 5) is 6.51. The summed E-state index contributed by atoms with van der Waals surface area (Å²) in [6, 6.07) is 3.72. The number of methoxy groups -OCH3 is 1. The Morgan fingerprint density at radius 2 is 2.19 bits per heavy atom. The lowest BCUT2D eigenvalue weighted by atomic mass is 9.93. The van der Waals surface area contributed by atoms with Crippen molar-refractivity contribution in [1.29, 1.82) is 5.26 Å². The Bertz CT molecular complexity index is 491. The van der Waals surface area contributed by atoms with Crippen LogP contribution in [0.5, 0.6) is 11.6 Å². The van der Waals surface area contributed by atoms with Gasteiger partial charge < -0.3 is 14.4 Å². The van der Waals surface area contributed by atoms with Gasteiger partial charge in [-0.15, -0.1) is 0 Å². The number of nitriles is 1. The molecule has 0 radical (unpaired) electrons. The summed E-state index contributed by atoms with van der Waals surface area (Å²) in [7, 11) is 3.73. The van der Waals surface area contributed by atoms with Gasteiger partial charge in [-0.05, 0) is 51.7 Å². The van der Waals surface area contributed by atoms with Gasteiger partial charge in [-0.25, -0.2) is 4.98 Å². The van der Waals surface area contributed by atoms with Crippen LogP contribution in [0.3, 0.4) is 0 Å². The summed E-state index contributed by atoms with van der Waals surface area (Å²) < 4.78 is 10.8. The van der Waals surface area contributed by atoms with Gasteiger partial charge in [0.05, 0.1) is 19.9 Å². The predicted molar refractivity (Wildman–Crippen MR) is 80.5 cm³/mol. The quantitative estimate of drug-likeness (QED) is 0.753. The van der Waals surface area contributed by atoms with E-state index in [0.717, 1.165) is 12.3 Å². The summed E-state index contributed by atoms with van der Waals surface area (Å²) in [6.45, 7) is 3.08. The van der Waals surface area contributed by atoms with Crippen LogP contribution in [0.1, 0.15) is 31.2 Å². The molecule has 0 amide bonds. The second-order valence-corrected chi connectivity index (χ2v) is 5.57. The summed E-state index contributed by atoms with van der Waals surface area (Å²) >= 11 is 0. The average molecular weight is 289 g/mol. The Kier molecular flexibility index (Phi) is 5.82. The standard InChI is InChI=1S/C16H23N3O2/c1-19-7-5-13(6-8-19)4-3-9-21-16-10-15(20-2)14(11-17)12-18-16/h10,12-13H,3-9H2,1-2H3. The fourth-order valence-electron chi connectivity index (χ4n) is 2.65. The van der Waals surface area contributed by atoms with Gasteiger partial charge in [0.1, 0.15) is 17.4 Å². The van der Waals surface area contributed by atoms with Crippen molar-refractivity contribution in [3.63, 3.8) is 0 Å². The lowest BCUT2D eigenvalue weighted by Crippen LogP contribution is -2.30. The van der Waals surface area contributed by atoms with E-state index in [0.29, 0.717) is 23.8 Å². The molecule has 1 aromatic rings. The maximum atomic E-state index is 8.90. The molecule has 0 aliphatic carbocycles. The minimum Gasteiger partial charge on any atom is -0.495 e. The van der Waals surface area contributed by atoms with Crippen LogP contribution in [-0.4, -0.2) is 43.7 Å². The van der Waals surface area contributed by atoms with Crippen LogP contribution < -0.4 is 9.47 Å². The maximum absolute atomic E-state index is 8.90. The van der Waals surface area contributed by atoms with Gasteiger partial charge in [0.15, 0.2) is 0 Å². The van der Waals surface area contributed by atoms with Crippen molar-refractivity contribution >= 4 is 0 Å². The molecule has 1 aliphatic rings. The van der Waals surface area contributed by atoms with Crippen molar-refractivity contribution in [3.8, 4) is 17.7 Å². The normalized spacial score (nSPS) is 16.4. The number of pyridine rings is 1. The van der Waals surface area contributed by atoms with Crippen molar-refractivity contribution in [3.05, 3.63) is 17.8 Å². The molecule has 1 aromatic heterocycles. The van der Waals surface area contributed by atoms with Gasteiger partial charge in [-0.2, -0.15) is 5.26 Å². The molecule has 5 heteroatoms. The highest BCUT2D eigenvalue weighted by atomic mass is 16.5. The first-order valence-corrected chi connectivity index (χ1v) is 7.48. The summed E-state index contributed by atoms with van der Waals surface area (Å²) in [5.41, 5.74) is 0.427. The van der Waals surface area contributed by atoms with E-state index in [1.807, 2.05) is 6.07 Å². The Labute approximate surface area is 126 Å². The highest BCUT2D eigenvalue weighted by Crippen LogP contribution is 2.23. The van der Waals surface area contributed by atoms with Crippen LogP contribution in [0, 0.1) is 17.2 Å². The summed E-state index contributed by atoms with van der Waals surface area (Å²) in [6.07, 6.45) is 6.32. The predicted octanol–water partition coefficient (Wildman–Crippen LogP) is 2.46. The van der Waals surface area contributed by atoms with Crippen molar-refractivity contribution in [2.24, 2.45) is 5.92 Å². The monoisotopic (exact) mass is 289 g/mol. The zero-order chi connectivity index (χ0) is 15.1. The van der Waals surface area contributed by atoms with Gasteiger partial charge >= 0.3 is 0 Å². The van der Waals surface area contributed by atoms with Crippen molar-refractivity contribution in [2.45, 2.75) is 25.7 Å². The molecule has 1 aliphatic heterocycles. The van der Waals surface area contributed by atoms with Crippen molar-refractivity contribution < 1.29 is 9.47 Å². The number of hydrogen-bond acceptors (Lipinski definition) is 5. The van der Waals surface area contributed by atoms with Crippen LogP contribution in [0.2, 0.25) is 0 Å². The lowest BCUT2D eigenvalue weighted by molar-refractivity contribution is 0.199. The van der Waals surface area contributed by atoms with E-state index in [9.17, 15) is 0 Å². The third-order valence-corrected chi connectivity index (χ3v) is 4.03. The van der Waals surface area contributed by atoms with Crippen LogP contribution in [0.15, 0.2) is 12.3 Å². The first-order chi connectivity index (χ1) is 10.2. The maximum Gasteiger partial charge on any atom is 0.217 e. The summed E-state index contributed by atoms with van der Waals surface area (Å²) in [5, 5.41) is 8.90.